The Morgan fingerprint density at radius 1 is 1.25 bits per heavy atom. The van der Waals surface area contributed by atoms with Gasteiger partial charge in [0.25, 0.3) is 5.69 Å². The second kappa shape index (κ2) is 9.92. The van der Waals surface area contributed by atoms with E-state index in [1.54, 1.807) is 12.1 Å². The molecule has 1 aromatic heterocycles. The van der Waals surface area contributed by atoms with Gasteiger partial charge in [-0.25, -0.2) is 10.2 Å². The van der Waals surface area contributed by atoms with Crippen LogP contribution in [0.5, 0.6) is 11.5 Å². The van der Waals surface area contributed by atoms with Crippen molar-refractivity contribution in [2.75, 3.05) is 20.8 Å². The number of methoxy groups -OCH3 is 2. The van der Waals surface area contributed by atoms with Gasteiger partial charge in [0, 0.05) is 17.5 Å². The number of nitrogens with one attached hydrogen (secondary N) is 1. The molecule has 0 saturated carbocycles. The SMILES string of the molecule is COC(=O)COc1c(Br)cc(/C=N/NC(=O)c2cc3cc([N+](=O)[O-])ccc3o2)cc1OC. The number of rotatable bonds is 8. The lowest BCUT2D eigenvalue weighted by Crippen LogP contribution is -2.16. The summed E-state index contributed by atoms with van der Waals surface area (Å²) < 4.78 is 21.1. The molecule has 12 heteroatoms. The number of hydrogen-bond acceptors (Lipinski definition) is 9. The van der Waals surface area contributed by atoms with Crippen LogP contribution in [-0.4, -0.2) is 43.8 Å². The molecule has 0 spiro atoms. The second-order valence-electron chi connectivity index (χ2n) is 6.19. The van der Waals surface area contributed by atoms with Crippen LogP contribution < -0.4 is 14.9 Å². The highest BCUT2D eigenvalue weighted by Gasteiger charge is 2.15. The van der Waals surface area contributed by atoms with Gasteiger partial charge in [-0.2, -0.15) is 5.10 Å². The average molecular weight is 506 g/mol. The van der Waals surface area contributed by atoms with Crippen molar-refractivity contribution < 1.29 is 33.1 Å². The van der Waals surface area contributed by atoms with Crippen LogP contribution in [-0.2, 0) is 9.53 Å². The maximum absolute atomic E-state index is 12.3. The largest absolute Gasteiger partial charge is 0.493 e. The van der Waals surface area contributed by atoms with E-state index in [0.717, 1.165) is 0 Å². The molecule has 3 rings (SSSR count). The third-order valence-corrected chi connectivity index (χ3v) is 4.72. The van der Waals surface area contributed by atoms with E-state index >= 15 is 0 Å². The number of hydrazone groups is 1. The van der Waals surface area contributed by atoms with Crippen LogP contribution in [0.4, 0.5) is 5.69 Å². The van der Waals surface area contributed by atoms with Gasteiger partial charge in [0.15, 0.2) is 23.9 Å². The summed E-state index contributed by atoms with van der Waals surface area (Å²) in [6.07, 6.45) is 1.36. The van der Waals surface area contributed by atoms with Crippen LogP contribution in [0.1, 0.15) is 16.1 Å². The lowest BCUT2D eigenvalue weighted by molar-refractivity contribution is -0.384. The molecule has 0 aliphatic carbocycles. The molecule has 0 atom stereocenters. The quantitative estimate of drug-likeness (QED) is 0.212. The summed E-state index contributed by atoms with van der Waals surface area (Å²) in [6, 6.07) is 8.64. The van der Waals surface area contributed by atoms with Crippen molar-refractivity contribution in [3.8, 4) is 11.5 Å². The van der Waals surface area contributed by atoms with Gasteiger partial charge in [0.2, 0.25) is 0 Å². The Balaban J connectivity index is 1.71. The molecule has 0 unspecified atom stereocenters. The van der Waals surface area contributed by atoms with E-state index in [-0.39, 0.29) is 18.1 Å². The van der Waals surface area contributed by atoms with Gasteiger partial charge >= 0.3 is 11.9 Å². The maximum Gasteiger partial charge on any atom is 0.343 e. The topological polar surface area (TPSA) is 143 Å². The van der Waals surface area contributed by atoms with Crippen molar-refractivity contribution in [3.63, 3.8) is 0 Å². The molecule has 1 amide bonds. The fourth-order valence-corrected chi connectivity index (χ4v) is 3.20. The highest BCUT2D eigenvalue weighted by atomic mass is 79.9. The fourth-order valence-electron chi connectivity index (χ4n) is 2.62. The van der Waals surface area contributed by atoms with Crippen LogP contribution in [0.15, 0.2) is 50.4 Å². The Kier molecular flexibility index (Phi) is 7.05. The molecular weight excluding hydrogens is 490 g/mol. The molecular formula is C20H16BrN3O8. The number of fused-ring (bicyclic) bond motifs is 1. The third-order valence-electron chi connectivity index (χ3n) is 4.13. The minimum absolute atomic E-state index is 0.0528. The molecule has 2 aromatic carbocycles. The van der Waals surface area contributed by atoms with Gasteiger partial charge < -0.3 is 18.6 Å². The molecule has 0 saturated heterocycles. The molecule has 0 aliphatic rings. The van der Waals surface area contributed by atoms with Gasteiger partial charge in [-0.15, -0.1) is 0 Å². The van der Waals surface area contributed by atoms with Crippen molar-refractivity contribution in [1.82, 2.24) is 5.43 Å². The Labute approximate surface area is 189 Å². The van der Waals surface area contributed by atoms with Gasteiger partial charge in [-0.3, -0.25) is 14.9 Å². The number of hydrogen-bond donors (Lipinski definition) is 1. The molecule has 1 N–H and O–H groups in total. The zero-order valence-electron chi connectivity index (χ0n) is 16.8. The summed E-state index contributed by atoms with van der Waals surface area (Å²) in [4.78, 5) is 33.9. The fraction of sp³-hybridized carbons (Fsp3) is 0.150. The number of esters is 1. The van der Waals surface area contributed by atoms with Crippen molar-refractivity contribution in [2.24, 2.45) is 5.10 Å². The summed E-state index contributed by atoms with van der Waals surface area (Å²) in [5.41, 5.74) is 3.10. The summed E-state index contributed by atoms with van der Waals surface area (Å²) in [5, 5.41) is 15.2. The van der Waals surface area contributed by atoms with Crippen LogP contribution >= 0.6 is 15.9 Å². The van der Waals surface area contributed by atoms with Crippen molar-refractivity contribution in [3.05, 3.63) is 62.3 Å². The van der Waals surface area contributed by atoms with Crippen molar-refractivity contribution >= 4 is 50.7 Å². The molecule has 1 heterocycles. The van der Waals surface area contributed by atoms with Crippen molar-refractivity contribution in [2.45, 2.75) is 0 Å². The normalized spacial score (nSPS) is 10.8. The zero-order valence-corrected chi connectivity index (χ0v) is 18.4. The van der Waals surface area contributed by atoms with E-state index in [1.807, 2.05) is 0 Å². The molecule has 32 heavy (non-hydrogen) atoms. The number of nitrogens with zero attached hydrogens (tertiary/aromatic N) is 2. The van der Waals surface area contributed by atoms with E-state index in [0.29, 0.717) is 32.5 Å². The van der Waals surface area contributed by atoms with Gasteiger partial charge in [-0.05, 0) is 45.8 Å². The third kappa shape index (κ3) is 5.21. The number of carbonyl (C=O) groups is 2. The highest BCUT2D eigenvalue weighted by Crippen LogP contribution is 2.36. The van der Waals surface area contributed by atoms with Gasteiger partial charge in [0.1, 0.15) is 5.58 Å². The summed E-state index contributed by atoms with van der Waals surface area (Å²) in [7, 11) is 2.68. The smallest absolute Gasteiger partial charge is 0.343 e. The lowest BCUT2D eigenvalue weighted by atomic mass is 10.2. The number of amides is 1. The Morgan fingerprint density at radius 2 is 2.03 bits per heavy atom. The Hall–Kier alpha value is -3.93. The Bertz CT molecular complexity index is 1220. The molecule has 0 fully saturated rings. The predicted molar refractivity (Wildman–Crippen MR) is 116 cm³/mol. The Morgan fingerprint density at radius 3 is 2.72 bits per heavy atom. The van der Waals surface area contributed by atoms with Crippen LogP contribution in [0, 0.1) is 10.1 Å². The number of furan rings is 1. The molecule has 0 radical (unpaired) electrons. The highest BCUT2D eigenvalue weighted by molar-refractivity contribution is 9.10. The molecule has 0 aliphatic heterocycles. The lowest BCUT2D eigenvalue weighted by Gasteiger charge is -2.12. The van der Waals surface area contributed by atoms with E-state index in [9.17, 15) is 19.7 Å². The van der Waals surface area contributed by atoms with Crippen LogP contribution in [0.3, 0.4) is 0 Å². The summed E-state index contributed by atoms with van der Waals surface area (Å²) >= 11 is 3.33. The molecule has 11 nitrogen and oxygen atoms in total. The van der Waals surface area contributed by atoms with Gasteiger partial charge in [-0.1, -0.05) is 0 Å². The van der Waals surface area contributed by atoms with E-state index in [4.69, 9.17) is 13.9 Å². The summed E-state index contributed by atoms with van der Waals surface area (Å²) in [6.45, 7) is -0.296. The van der Waals surface area contributed by atoms with Crippen LogP contribution in [0.2, 0.25) is 0 Å². The standard InChI is InChI=1S/C20H16BrN3O8/c1-29-16-6-11(5-14(21)19(16)31-10-18(25)30-2)9-22-23-20(26)17-8-12-7-13(24(27)28)3-4-15(12)32-17/h3-9H,10H2,1-2H3,(H,23,26)/b22-9+. The number of ether oxygens (including phenoxy) is 3. The van der Waals surface area contributed by atoms with Gasteiger partial charge in [0.05, 0.1) is 29.8 Å². The minimum atomic E-state index is -0.635. The monoisotopic (exact) mass is 505 g/mol. The number of benzene rings is 2. The first-order valence-corrected chi connectivity index (χ1v) is 9.70. The number of halogens is 1. The first-order chi connectivity index (χ1) is 15.3. The number of non-ortho nitro benzene ring substituents is 1. The molecule has 0 bridgehead atoms. The van der Waals surface area contributed by atoms with E-state index < -0.39 is 16.8 Å². The first-order valence-electron chi connectivity index (χ1n) is 8.91. The number of nitro groups is 1. The zero-order chi connectivity index (χ0) is 23.3. The number of nitro benzene ring substituents is 1. The summed E-state index contributed by atoms with van der Waals surface area (Å²) in [5.74, 6) is -0.606. The predicted octanol–water partition coefficient (Wildman–Crippen LogP) is 3.43. The van der Waals surface area contributed by atoms with E-state index in [1.165, 1.54) is 44.7 Å². The average Bonchev–Trinajstić information content (AvgIpc) is 3.21. The second-order valence-corrected chi connectivity index (χ2v) is 7.04. The number of carbonyl (C=O) groups excluding carboxylic acids is 2. The van der Waals surface area contributed by atoms with Crippen molar-refractivity contribution in [1.29, 1.82) is 0 Å². The first kappa shape index (κ1) is 22.7. The minimum Gasteiger partial charge on any atom is -0.493 e. The van der Waals surface area contributed by atoms with Crippen LogP contribution in [0.25, 0.3) is 11.0 Å². The molecule has 3 aromatic rings. The van der Waals surface area contributed by atoms with E-state index in [2.05, 4.69) is 31.2 Å². The molecule has 166 valence electrons. The maximum atomic E-state index is 12.3.